The third-order valence-corrected chi connectivity index (χ3v) is 5.20. The first-order valence-electron chi connectivity index (χ1n) is 7.66. The Morgan fingerprint density at radius 2 is 2.21 bits per heavy atom. The molecule has 6 nitrogen and oxygen atoms in total. The van der Waals surface area contributed by atoms with Crippen molar-refractivity contribution in [1.29, 1.82) is 0 Å². The van der Waals surface area contributed by atoms with Gasteiger partial charge in [-0.15, -0.1) is 11.3 Å². The Morgan fingerprint density at radius 1 is 1.42 bits per heavy atom. The fourth-order valence-corrected chi connectivity index (χ4v) is 3.54. The molecule has 1 heterocycles. The van der Waals surface area contributed by atoms with Gasteiger partial charge in [-0.05, 0) is 37.0 Å². The van der Waals surface area contributed by atoms with Gasteiger partial charge in [0.05, 0.1) is 5.56 Å². The molecular weight excluding hydrogens is 328 g/mol. The monoisotopic (exact) mass is 346 g/mol. The van der Waals surface area contributed by atoms with Crippen molar-refractivity contribution in [3.63, 3.8) is 0 Å². The van der Waals surface area contributed by atoms with Crippen molar-refractivity contribution in [2.45, 2.75) is 31.3 Å². The summed E-state index contributed by atoms with van der Waals surface area (Å²) in [6.45, 7) is 0. The van der Waals surface area contributed by atoms with Crippen LogP contribution in [0.3, 0.4) is 0 Å². The van der Waals surface area contributed by atoms with E-state index < -0.39 is 11.6 Å². The molecule has 1 fully saturated rings. The highest BCUT2D eigenvalue weighted by Crippen LogP contribution is 2.36. The Labute approximate surface area is 143 Å². The molecule has 3 rings (SSSR count). The molecule has 0 unspecified atom stereocenters. The molecule has 0 spiro atoms. The smallest absolute Gasteiger partial charge is 0.335 e. The summed E-state index contributed by atoms with van der Waals surface area (Å²) >= 11 is 1.39. The number of thiazole rings is 1. The fraction of sp³-hybridized carbons (Fsp3) is 0.353. The molecule has 0 atom stereocenters. The average Bonchev–Trinajstić information content (AvgIpc) is 2.94. The second-order valence-electron chi connectivity index (χ2n) is 5.82. The van der Waals surface area contributed by atoms with Gasteiger partial charge < -0.3 is 9.84 Å². The zero-order valence-electron chi connectivity index (χ0n) is 13.2. The lowest BCUT2D eigenvalue weighted by atomic mass is 9.79. The third kappa shape index (κ3) is 3.32. The van der Waals surface area contributed by atoms with Gasteiger partial charge in [0.25, 0.3) is 5.91 Å². The van der Waals surface area contributed by atoms with Crippen molar-refractivity contribution < 1.29 is 19.4 Å². The molecular formula is C17H18N2O4S. The molecule has 0 radical (unpaired) electrons. The summed E-state index contributed by atoms with van der Waals surface area (Å²) in [6.07, 6.45) is 4.73. The van der Waals surface area contributed by atoms with E-state index in [0.29, 0.717) is 11.6 Å². The van der Waals surface area contributed by atoms with Crippen LogP contribution in [0.15, 0.2) is 30.5 Å². The number of anilines is 1. The van der Waals surface area contributed by atoms with E-state index >= 15 is 0 Å². The van der Waals surface area contributed by atoms with E-state index in [2.05, 4.69) is 10.3 Å². The van der Waals surface area contributed by atoms with Gasteiger partial charge in [0, 0.05) is 24.6 Å². The third-order valence-electron chi connectivity index (χ3n) is 4.29. The van der Waals surface area contributed by atoms with E-state index in [1.54, 1.807) is 31.5 Å². The molecule has 0 bridgehead atoms. The highest BCUT2D eigenvalue weighted by atomic mass is 32.1. The second kappa shape index (κ2) is 6.70. The van der Waals surface area contributed by atoms with Gasteiger partial charge in [-0.2, -0.15) is 0 Å². The summed E-state index contributed by atoms with van der Waals surface area (Å²) in [7, 11) is 1.56. The van der Waals surface area contributed by atoms with Crippen LogP contribution in [0.5, 0.6) is 0 Å². The van der Waals surface area contributed by atoms with Crippen molar-refractivity contribution >= 4 is 28.3 Å². The summed E-state index contributed by atoms with van der Waals surface area (Å²) in [5.74, 6) is -1.09. The Kier molecular flexibility index (Phi) is 4.64. The van der Waals surface area contributed by atoms with Crippen LogP contribution in [0, 0.1) is 0 Å². The van der Waals surface area contributed by atoms with E-state index in [0.717, 1.165) is 29.7 Å². The number of aromatic carboxylic acids is 1. The standard InChI is InChI=1S/C17H18N2O4S/c1-23-17(6-3-7-17)15(22)19-16-18-10-13(24-16)9-11-4-2-5-12(8-11)14(20)21/h2,4-5,8,10H,3,6-7,9H2,1H3,(H,20,21)(H,18,19,22). The van der Waals surface area contributed by atoms with Crippen molar-refractivity contribution in [2.75, 3.05) is 12.4 Å². The molecule has 2 N–H and O–H groups in total. The van der Waals surface area contributed by atoms with Crippen molar-refractivity contribution in [3.8, 4) is 0 Å². The fourth-order valence-electron chi connectivity index (χ4n) is 2.70. The van der Waals surface area contributed by atoms with Gasteiger partial charge in [0.1, 0.15) is 5.60 Å². The van der Waals surface area contributed by atoms with Crippen LogP contribution in [0.2, 0.25) is 0 Å². The molecule has 1 amide bonds. The summed E-state index contributed by atoms with van der Waals surface area (Å²) in [5.41, 5.74) is 0.447. The van der Waals surface area contributed by atoms with E-state index in [4.69, 9.17) is 9.84 Å². The van der Waals surface area contributed by atoms with Crippen LogP contribution in [0.1, 0.15) is 40.1 Å². The molecule has 1 aliphatic rings. The van der Waals surface area contributed by atoms with E-state index in [1.807, 2.05) is 6.07 Å². The summed E-state index contributed by atoms with van der Waals surface area (Å²) in [4.78, 5) is 28.5. The first-order chi connectivity index (χ1) is 11.5. The topological polar surface area (TPSA) is 88.5 Å². The second-order valence-corrected chi connectivity index (χ2v) is 6.94. The Hall–Kier alpha value is -2.25. The van der Waals surface area contributed by atoms with Gasteiger partial charge in [0.2, 0.25) is 0 Å². The van der Waals surface area contributed by atoms with Crippen molar-refractivity contribution in [1.82, 2.24) is 4.98 Å². The number of hydrogen-bond acceptors (Lipinski definition) is 5. The lowest BCUT2D eigenvalue weighted by molar-refractivity contribution is -0.148. The summed E-state index contributed by atoms with van der Waals surface area (Å²) in [5, 5.41) is 12.4. The van der Waals surface area contributed by atoms with Gasteiger partial charge in [0.15, 0.2) is 5.13 Å². The van der Waals surface area contributed by atoms with E-state index in [1.165, 1.54) is 11.3 Å². The van der Waals surface area contributed by atoms with Crippen LogP contribution in [-0.4, -0.2) is 34.7 Å². The average molecular weight is 346 g/mol. The van der Waals surface area contributed by atoms with Crippen molar-refractivity contribution in [2.24, 2.45) is 0 Å². The van der Waals surface area contributed by atoms with Gasteiger partial charge >= 0.3 is 5.97 Å². The molecule has 2 aromatic rings. The predicted molar refractivity (Wildman–Crippen MR) is 90.5 cm³/mol. The van der Waals surface area contributed by atoms with Crippen LogP contribution in [0.25, 0.3) is 0 Å². The lowest BCUT2D eigenvalue weighted by Gasteiger charge is -2.38. The molecule has 1 saturated carbocycles. The normalized spacial score (nSPS) is 15.5. The van der Waals surface area contributed by atoms with E-state index in [-0.39, 0.29) is 11.5 Å². The number of nitrogens with zero attached hydrogens (tertiary/aromatic N) is 1. The molecule has 1 aromatic carbocycles. The molecule has 0 saturated heterocycles. The molecule has 126 valence electrons. The minimum Gasteiger partial charge on any atom is -0.478 e. The highest BCUT2D eigenvalue weighted by molar-refractivity contribution is 7.15. The van der Waals surface area contributed by atoms with Crippen LogP contribution in [0.4, 0.5) is 5.13 Å². The first-order valence-corrected chi connectivity index (χ1v) is 8.48. The van der Waals surface area contributed by atoms with Gasteiger partial charge in [-0.25, -0.2) is 9.78 Å². The maximum Gasteiger partial charge on any atom is 0.335 e. The summed E-state index contributed by atoms with van der Waals surface area (Å²) in [6, 6.07) is 6.81. The maximum atomic E-state index is 12.3. The number of nitrogens with one attached hydrogen (secondary N) is 1. The number of benzene rings is 1. The highest BCUT2D eigenvalue weighted by Gasteiger charge is 2.44. The SMILES string of the molecule is COC1(C(=O)Nc2ncc(Cc3cccc(C(=O)O)c3)s2)CCC1. The Balaban J connectivity index is 1.66. The van der Waals surface area contributed by atoms with Crippen LogP contribution in [-0.2, 0) is 16.0 Å². The minimum absolute atomic E-state index is 0.148. The molecule has 0 aliphatic heterocycles. The number of hydrogen-bond donors (Lipinski definition) is 2. The zero-order valence-corrected chi connectivity index (χ0v) is 14.1. The lowest BCUT2D eigenvalue weighted by Crippen LogP contribution is -2.50. The largest absolute Gasteiger partial charge is 0.478 e. The number of amides is 1. The van der Waals surface area contributed by atoms with Crippen molar-refractivity contribution in [3.05, 3.63) is 46.5 Å². The van der Waals surface area contributed by atoms with Crippen LogP contribution < -0.4 is 5.32 Å². The van der Waals surface area contributed by atoms with E-state index in [9.17, 15) is 9.59 Å². The quantitative estimate of drug-likeness (QED) is 0.839. The summed E-state index contributed by atoms with van der Waals surface area (Å²) < 4.78 is 5.36. The number of rotatable bonds is 6. The Morgan fingerprint density at radius 3 is 2.83 bits per heavy atom. The predicted octanol–water partition coefficient (Wildman–Crippen LogP) is 2.94. The molecule has 1 aromatic heterocycles. The molecule has 7 heteroatoms. The zero-order chi connectivity index (χ0) is 17.2. The number of aromatic nitrogens is 1. The number of carbonyl (C=O) groups is 2. The number of carbonyl (C=O) groups excluding carboxylic acids is 1. The minimum atomic E-state index is -0.945. The number of carboxylic acid groups (broad SMARTS) is 1. The number of ether oxygens (including phenoxy) is 1. The van der Waals surface area contributed by atoms with Gasteiger partial charge in [-0.1, -0.05) is 12.1 Å². The van der Waals surface area contributed by atoms with Crippen LogP contribution >= 0.6 is 11.3 Å². The number of carboxylic acids is 1. The number of methoxy groups -OCH3 is 1. The molecule has 24 heavy (non-hydrogen) atoms. The maximum absolute atomic E-state index is 12.3. The molecule has 1 aliphatic carbocycles. The first kappa shape index (κ1) is 16.6. The van der Waals surface area contributed by atoms with Gasteiger partial charge in [-0.3, -0.25) is 10.1 Å². The Bertz CT molecular complexity index is 762.